The average molecular weight is 405 g/mol. The summed E-state index contributed by atoms with van der Waals surface area (Å²) in [5.74, 6) is 0.00991. The lowest BCUT2D eigenvalue weighted by atomic mass is 9.90. The van der Waals surface area contributed by atoms with Crippen LogP contribution in [0.3, 0.4) is 0 Å². The van der Waals surface area contributed by atoms with E-state index >= 15 is 0 Å². The van der Waals surface area contributed by atoms with Crippen molar-refractivity contribution in [3.05, 3.63) is 71.8 Å². The molecule has 0 radical (unpaired) electrons. The number of benzene rings is 2. The fourth-order valence-corrected chi connectivity index (χ4v) is 4.29. The summed E-state index contributed by atoms with van der Waals surface area (Å²) in [6.45, 7) is 4.56. The highest BCUT2D eigenvalue weighted by Crippen LogP contribution is 2.42. The number of nitrogens with zero attached hydrogens (tertiary/aromatic N) is 2. The predicted molar refractivity (Wildman–Crippen MR) is 118 cm³/mol. The van der Waals surface area contributed by atoms with E-state index in [0.29, 0.717) is 23.8 Å². The van der Waals surface area contributed by atoms with Gasteiger partial charge in [-0.1, -0.05) is 61.5 Å². The minimum Gasteiger partial charge on any atom is -0.375 e. The van der Waals surface area contributed by atoms with Gasteiger partial charge in [0, 0.05) is 18.7 Å². The van der Waals surface area contributed by atoms with Crippen LogP contribution < -0.4 is 4.90 Å². The highest BCUT2D eigenvalue weighted by Gasteiger charge is 2.50. The summed E-state index contributed by atoms with van der Waals surface area (Å²) in [5.41, 5.74) is 0.292. The molecule has 2 aromatic rings. The number of likely N-dealkylation sites (tertiary alicyclic amines) is 1. The number of fused-ring (bicyclic) bond motifs is 1. The third-order valence-corrected chi connectivity index (χ3v) is 6.15. The second-order valence-electron chi connectivity index (χ2n) is 8.44. The Labute approximate surface area is 177 Å². The average Bonchev–Trinajstić information content (AvgIpc) is 2.96. The van der Waals surface area contributed by atoms with Gasteiger partial charge in [0.15, 0.2) is 11.4 Å². The van der Waals surface area contributed by atoms with E-state index in [1.165, 1.54) is 6.08 Å². The lowest BCUT2D eigenvalue weighted by Gasteiger charge is -2.33. The summed E-state index contributed by atoms with van der Waals surface area (Å²) in [7, 11) is 0. The first-order chi connectivity index (χ1) is 14.5. The molecule has 5 heteroatoms. The van der Waals surface area contributed by atoms with Crippen molar-refractivity contribution in [2.75, 3.05) is 24.7 Å². The van der Waals surface area contributed by atoms with Gasteiger partial charge in [-0.3, -0.25) is 19.4 Å². The topological polar surface area (TPSA) is 60.9 Å². The van der Waals surface area contributed by atoms with Crippen LogP contribution in [0.25, 0.3) is 6.08 Å². The summed E-state index contributed by atoms with van der Waals surface area (Å²) in [5, 5.41) is 11.4. The Morgan fingerprint density at radius 1 is 1.10 bits per heavy atom. The van der Waals surface area contributed by atoms with Crippen LogP contribution in [0.1, 0.15) is 37.3 Å². The van der Waals surface area contributed by atoms with E-state index in [9.17, 15) is 14.7 Å². The zero-order valence-corrected chi connectivity index (χ0v) is 17.3. The number of hydrogen-bond donors (Lipinski definition) is 1. The Hall–Kier alpha value is -2.76. The van der Waals surface area contributed by atoms with E-state index < -0.39 is 11.5 Å². The Kier molecular flexibility index (Phi) is 5.84. The molecule has 2 aliphatic heterocycles. The lowest BCUT2D eigenvalue weighted by molar-refractivity contribution is -0.141. The summed E-state index contributed by atoms with van der Waals surface area (Å²) in [6.07, 6.45) is 5.11. The molecule has 2 aromatic carbocycles. The fourth-order valence-electron chi connectivity index (χ4n) is 4.29. The van der Waals surface area contributed by atoms with Crippen molar-refractivity contribution >= 4 is 23.5 Å². The predicted octanol–water partition coefficient (Wildman–Crippen LogP) is 3.58. The molecule has 1 unspecified atom stereocenters. The highest BCUT2D eigenvalue weighted by molar-refractivity contribution is 6.10. The summed E-state index contributed by atoms with van der Waals surface area (Å²) < 4.78 is 0. The molecule has 0 bridgehead atoms. The molecular formula is C25H28N2O3. The van der Waals surface area contributed by atoms with Crippen molar-refractivity contribution < 1.29 is 14.7 Å². The molecule has 1 amide bonds. The number of para-hydroxylation sites is 1. The van der Waals surface area contributed by atoms with Crippen molar-refractivity contribution in [3.63, 3.8) is 0 Å². The highest BCUT2D eigenvalue weighted by atomic mass is 16.3. The number of anilines is 1. The van der Waals surface area contributed by atoms with E-state index in [-0.39, 0.29) is 12.2 Å². The number of rotatable bonds is 6. The molecule has 156 valence electrons. The van der Waals surface area contributed by atoms with Gasteiger partial charge in [0.25, 0.3) is 5.91 Å². The van der Waals surface area contributed by atoms with E-state index in [4.69, 9.17) is 0 Å². The zero-order chi connectivity index (χ0) is 21.1. The van der Waals surface area contributed by atoms with Gasteiger partial charge < -0.3 is 5.11 Å². The van der Waals surface area contributed by atoms with Gasteiger partial charge in [-0.15, -0.1) is 0 Å². The Bertz CT molecular complexity index is 948. The number of hydrogen-bond acceptors (Lipinski definition) is 4. The molecule has 0 spiro atoms. The normalized spacial score (nSPS) is 22.6. The van der Waals surface area contributed by atoms with E-state index in [1.807, 2.05) is 42.5 Å². The molecule has 30 heavy (non-hydrogen) atoms. The van der Waals surface area contributed by atoms with Crippen molar-refractivity contribution in [2.24, 2.45) is 5.92 Å². The summed E-state index contributed by atoms with van der Waals surface area (Å²) in [4.78, 5) is 29.8. The van der Waals surface area contributed by atoms with Gasteiger partial charge in [0.05, 0.1) is 18.8 Å². The maximum atomic E-state index is 13.3. The molecule has 0 aromatic heterocycles. The monoisotopic (exact) mass is 404 g/mol. The van der Waals surface area contributed by atoms with Crippen LogP contribution in [-0.4, -0.2) is 41.5 Å². The largest absolute Gasteiger partial charge is 0.375 e. The van der Waals surface area contributed by atoms with Crippen molar-refractivity contribution in [3.8, 4) is 0 Å². The molecule has 1 fully saturated rings. The van der Waals surface area contributed by atoms with E-state index in [1.54, 1.807) is 23.1 Å². The molecule has 2 aliphatic rings. The molecule has 5 nitrogen and oxygen atoms in total. The fraction of sp³-hybridized carbons (Fsp3) is 0.360. The van der Waals surface area contributed by atoms with Gasteiger partial charge >= 0.3 is 0 Å². The first kappa shape index (κ1) is 20.5. The van der Waals surface area contributed by atoms with Crippen LogP contribution in [0.5, 0.6) is 0 Å². The smallest absolute Gasteiger partial charge is 0.265 e. The molecule has 1 N–H and O–H groups in total. The minimum atomic E-state index is -1.82. The second kappa shape index (κ2) is 8.54. The molecule has 2 heterocycles. The van der Waals surface area contributed by atoms with Gasteiger partial charge in [0.2, 0.25) is 0 Å². The molecule has 1 saturated heterocycles. The van der Waals surface area contributed by atoms with Gasteiger partial charge in [-0.25, -0.2) is 0 Å². The number of piperidine rings is 1. The molecule has 0 aliphatic carbocycles. The van der Waals surface area contributed by atoms with Crippen LogP contribution in [0, 0.1) is 5.92 Å². The molecule has 0 saturated carbocycles. The lowest BCUT2D eigenvalue weighted by Crippen LogP contribution is -2.47. The van der Waals surface area contributed by atoms with E-state index in [2.05, 4.69) is 11.8 Å². The van der Waals surface area contributed by atoms with Crippen LogP contribution in [-0.2, 0) is 15.2 Å². The zero-order valence-electron chi connectivity index (χ0n) is 17.3. The first-order valence-electron chi connectivity index (χ1n) is 10.6. The van der Waals surface area contributed by atoms with Crippen LogP contribution in [0.4, 0.5) is 5.69 Å². The first-order valence-corrected chi connectivity index (χ1v) is 10.6. The van der Waals surface area contributed by atoms with Gasteiger partial charge in [0.1, 0.15) is 0 Å². The van der Waals surface area contributed by atoms with Gasteiger partial charge in [-0.2, -0.15) is 0 Å². The van der Waals surface area contributed by atoms with E-state index in [0.717, 1.165) is 31.5 Å². The number of aliphatic hydroxyl groups is 1. The molecule has 4 rings (SSSR count). The third kappa shape index (κ3) is 4.09. The Morgan fingerprint density at radius 3 is 2.50 bits per heavy atom. The van der Waals surface area contributed by atoms with Crippen molar-refractivity contribution in [1.82, 2.24) is 4.90 Å². The minimum absolute atomic E-state index is 0.264. The third-order valence-electron chi connectivity index (χ3n) is 6.15. The van der Waals surface area contributed by atoms with Crippen LogP contribution >= 0.6 is 0 Å². The van der Waals surface area contributed by atoms with Crippen molar-refractivity contribution in [1.29, 1.82) is 0 Å². The van der Waals surface area contributed by atoms with Gasteiger partial charge in [-0.05, 0) is 36.5 Å². The number of carbonyl (C=O) groups is 2. The summed E-state index contributed by atoms with van der Waals surface area (Å²) >= 11 is 0. The Balaban J connectivity index is 1.53. The number of amides is 1. The number of carbonyl (C=O) groups excluding carboxylic acids is 2. The maximum Gasteiger partial charge on any atom is 0.265 e. The standard InChI is InChI=1S/C25H28N2O3/c1-19-13-15-26(16-14-19)18-27-23-10-6-5-9-22(23)25(30,24(27)29)17-21(28)12-11-20-7-3-2-4-8-20/h2-12,19,30H,13-18H2,1H3/b12-11+. The SMILES string of the molecule is CC1CCN(CN2C(=O)C(O)(CC(=O)/C=C/c3ccccc3)c3ccccc32)CC1. The number of allylic oxidation sites excluding steroid dienone is 1. The Morgan fingerprint density at radius 2 is 1.77 bits per heavy atom. The molecule has 1 atom stereocenters. The summed E-state index contributed by atoms with van der Waals surface area (Å²) in [6, 6.07) is 16.8. The quantitative estimate of drug-likeness (QED) is 0.748. The molecular weight excluding hydrogens is 376 g/mol. The van der Waals surface area contributed by atoms with Crippen molar-refractivity contribution in [2.45, 2.75) is 31.8 Å². The van der Waals surface area contributed by atoms with Crippen LogP contribution in [0.15, 0.2) is 60.7 Å². The maximum absolute atomic E-state index is 13.3. The second-order valence-corrected chi connectivity index (χ2v) is 8.44. The number of ketones is 1. The van der Waals surface area contributed by atoms with Crippen LogP contribution in [0.2, 0.25) is 0 Å².